The lowest BCUT2D eigenvalue weighted by Crippen LogP contribution is -2.30. The number of aryl methyl sites for hydroxylation is 2. The van der Waals surface area contributed by atoms with E-state index in [1.807, 2.05) is 60.5 Å². The standard InChI is InChI=1S/C20H20N2OS/c1-4-9-22(13-16-6-5-10-24-16)20(23)18-12-15(3)21-19-8-7-14(2)11-17(18)19/h4-8,10-12H,1,9,13H2,2-3H3. The van der Waals surface area contributed by atoms with E-state index in [4.69, 9.17) is 0 Å². The van der Waals surface area contributed by atoms with Crippen LogP contribution >= 0.6 is 11.3 Å². The number of nitrogens with zero attached hydrogens (tertiary/aromatic N) is 2. The van der Waals surface area contributed by atoms with Gasteiger partial charge in [-0.2, -0.15) is 0 Å². The highest BCUT2D eigenvalue weighted by atomic mass is 32.1. The van der Waals surface area contributed by atoms with E-state index in [1.54, 1.807) is 17.4 Å². The number of pyridine rings is 1. The molecule has 122 valence electrons. The molecule has 0 spiro atoms. The minimum atomic E-state index is 0.0180. The Kier molecular flexibility index (Phi) is 4.76. The summed E-state index contributed by atoms with van der Waals surface area (Å²) in [6.07, 6.45) is 1.77. The van der Waals surface area contributed by atoms with Crippen LogP contribution in [0.5, 0.6) is 0 Å². The summed E-state index contributed by atoms with van der Waals surface area (Å²) in [5, 5.41) is 2.94. The molecule has 0 saturated carbocycles. The van der Waals surface area contributed by atoms with E-state index in [9.17, 15) is 4.79 Å². The van der Waals surface area contributed by atoms with Gasteiger partial charge in [0, 0.05) is 22.5 Å². The molecule has 3 rings (SSSR count). The summed E-state index contributed by atoms with van der Waals surface area (Å²) >= 11 is 1.66. The van der Waals surface area contributed by atoms with Crippen molar-refractivity contribution in [3.8, 4) is 0 Å². The fraction of sp³-hybridized carbons (Fsp3) is 0.200. The largest absolute Gasteiger partial charge is 0.330 e. The second-order valence-electron chi connectivity index (χ2n) is 5.89. The molecular formula is C20H20N2OS. The molecule has 0 radical (unpaired) electrons. The highest BCUT2D eigenvalue weighted by Crippen LogP contribution is 2.23. The van der Waals surface area contributed by atoms with E-state index >= 15 is 0 Å². The summed E-state index contributed by atoms with van der Waals surface area (Å²) in [7, 11) is 0. The minimum absolute atomic E-state index is 0.0180. The Hall–Kier alpha value is -2.46. The van der Waals surface area contributed by atoms with Crippen LogP contribution < -0.4 is 0 Å². The van der Waals surface area contributed by atoms with Crippen molar-refractivity contribution in [1.29, 1.82) is 0 Å². The zero-order valence-electron chi connectivity index (χ0n) is 14.0. The highest BCUT2D eigenvalue weighted by molar-refractivity contribution is 7.09. The van der Waals surface area contributed by atoms with Crippen molar-refractivity contribution in [2.75, 3.05) is 6.54 Å². The van der Waals surface area contributed by atoms with E-state index in [0.717, 1.165) is 27.0 Å². The van der Waals surface area contributed by atoms with Crippen LogP contribution in [-0.2, 0) is 6.54 Å². The van der Waals surface area contributed by atoms with Crippen molar-refractivity contribution in [3.05, 3.63) is 76.1 Å². The lowest BCUT2D eigenvalue weighted by atomic mass is 10.0. The molecule has 3 nitrogen and oxygen atoms in total. The maximum atomic E-state index is 13.2. The molecule has 0 N–H and O–H groups in total. The molecule has 0 aliphatic carbocycles. The van der Waals surface area contributed by atoms with Crippen LogP contribution in [0.4, 0.5) is 0 Å². The molecule has 1 aromatic carbocycles. The van der Waals surface area contributed by atoms with Crippen LogP contribution in [0.25, 0.3) is 10.9 Å². The van der Waals surface area contributed by atoms with E-state index in [-0.39, 0.29) is 5.91 Å². The number of carbonyl (C=O) groups excluding carboxylic acids is 1. The molecule has 0 aliphatic rings. The smallest absolute Gasteiger partial charge is 0.255 e. The molecule has 0 atom stereocenters. The van der Waals surface area contributed by atoms with E-state index < -0.39 is 0 Å². The molecule has 4 heteroatoms. The maximum absolute atomic E-state index is 13.2. The fourth-order valence-electron chi connectivity index (χ4n) is 2.79. The fourth-order valence-corrected chi connectivity index (χ4v) is 3.50. The second-order valence-corrected chi connectivity index (χ2v) is 6.92. The Balaban J connectivity index is 2.04. The van der Waals surface area contributed by atoms with Crippen molar-refractivity contribution in [2.45, 2.75) is 20.4 Å². The first kappa shape index (κ1) is 16.4. The number of hydrogen-bond acceptors (Lipinski definition) is 3. The maximum Gasteiger partial charge on any atom is 0.255 e. The van der Waals surface area contributed by atoms with Gasteiger partial charge in [0.25, 0.3) is 5.91 Å². The van der Waals surface area contributed by atoms with Gasteiger partial charge in [0.15, 0.2) is 0 Å². The molecular weight excluding hydrogens is 316 g/mol. The average molecular weight is 336 g/mol. The van der Waals surface area contributed by atoms with Gasteiger partial charge in [0.2, 0.25) is 0 Å². The number of rotatable bonds is 5. The normalized spacial score (nSPS) is 10.8. The Morgan fingerprint density at radius 3 is 2.83 bits per heavy atom. The topological polar surface area (TPSA) is 33.2 Å². The molecule has 0 fully saturated rings. The summed E-state index contributed by atoms with van der Waals surface area (Å²) in [4.78, 5) is 20.7. The summed E-state index contributed by atoms with van der Waals surface area (Å²) in [6, 6.07) is 12.0. The first-order valence-electron chi connectivity index (χ1n) is 7.89. The monoisotopic (exact) mass is 336 g/mol. The second kappa shape index (κ2) is 6.97. The van der Waals surface area contributed by atoms with Crippen LogP contribution in [0.1, 0.15) is 26.5 Å². The van der Waals surface area contributed by atoms with Crippen LogP contribution in [-0.4, -0.2) is 22.3 Å². The third kappa shape index (κ3) is 3.39. The van der Waals surface area contributed by atoms with Gasteiger partial charge in [-0.05, 0) is 43.5 Å². The van der Waals surface area contributed by atoms with E-state index in [1.165, 1.54) is 0 Å². The van der Waals surface area contributed by atoms with Crippen LogP contribution in [0, 0.1) is 13.8 Å². The van der Waals surface area contributed by atoms with E-state index in [2.05, 4.69) is 11.6 Å². The number of benzene rings is 1. The average Bonchev–Trinajstić information content (AvgIpc) is 3.06. The molecule has 1 amide bonds. The van der Waals surface area contributed by atoms with Crippen molar-refractivity contribution in [2.24, 2.45) is 0 Å². The van der Waals surface area contributed by atoms with Gasteiger partial charge in [-0.1, -0.05) is 23.8 Å². The number of aromatic nitrogens is 1. The summed E-state index contributed by atoms with van der Waals surface area (Å²) in [5.41, 5.74) is 3.54. The van der Waals surface area contributed by atoms with Crippen molar-refractivity contribution in [3.63, 3.8) is 0 Å². The Bertz CT molecular complexity index is 884. The SMILES string of the molecule is C=CCN(Cc1cccs1)C(=O)c1cc(C)nc2ccc(C)cc12. The van der Waals surface area contributed by atoms with Crippen molar-refractivity contribution >= 4 is 28.1 Å². The van der Waals surface area contributed by atoms with E-state index in [0.29, 0.717) is 18.7 Å². The van der Waals surface area contributed by atoms with Crippen molar-refractivity contribution < 1.29 is 4.79 Å². The zero-order chi connectivity index (χ0) is 17.1. The lowest BCUT2D eigenvalue weighted by Gasteiger charge is -2.21. The predicted octanol–water partition coefficient (Wildman–Crippen LogP) is 4.74. The third-order valence-corrected chi connectivity index (χ3v) is 4.75. The van der Waals surface area contributed by atoms with Gasteiger partial charge in [-0.15, -0.1) is 17.9 Å². The Labute approximate surface area is 146 Å². The van der Waals surface area contributed by atoms with Crippen LogP contribution in [0.3, 0.4) is 0 Å². The number of hydrogen-bond donors (Lipinski definition) is 0. The molecule has 2 aromatic heterocycles. The number of fused-ring (bicyclic) bond motifs is 1. The number of amides is 1. The molecule has 0 unspecified atom stereocenters. The highest BCUT2D eigenvalue weighted by Gasteiger charge is 2.19. The van der Waals surface area contributed by atoms with Gasteiger partial charge in [-0.3, -0.25) is 9.78 Å². The summed E-state index contributed by atoms with van der Waals surface area (Å²) < 4.78 is 0. The van der Waals surface area contributed by atoms with Gasteiger partial charge in [-0.25, -0.2) is 0 Å². The molecule has 2 heterocycles. The Morgan fingerprint density at radius 2 is 2.12 bits per heavy atom. The lowest BCUT2D eigenvalue weighted by molar-refractivity contribution is 0.0766. The van der Waals surface area contributed by atoms with Crippen LogP contribution in [0.2, 0.25) is 0 Å². The Morgan fingerprint density at radius 1 is 1.29 bits per heavy atom. The zero-order valence-corrected chi connectivity index (χ0v) is 14.8. The number of thiophene rings is 1. The molecule has 0 saturated heterocycles. The quantitative estimate of drug-likeness (QED) is 0.630. The third-order valence-electron chi connectivity index (χ3n) is 3.89. The molecule has 0 aliphatic heterocycles. The molecule has 0 bridgehead atoms. The van der Waals surface area contributed by atoms with Crippen LogP contribution in [0.15, 0.2) is 54.4 Å². The summed E-state index contributed by atoms with van der Waals surface area (Å²) in [5.74, 6) is 0.0180. The first-order valence-corrected chi connectivity index (χ1v) is 8.77. The van der Waals surface area contributed by atoms with Gasteiger partial charge < -0.3 is 4.90 Å². The number of carbonyl (C=O) groups is 1. The van der Waals surface area contributed by atoms with Gasteiger partial charge >= 0.3 is 0 Å². The molecule has 24 heavy (non-hydrogen) atoms. The predicted molar refractivity (Wildman–Crippen MR) is 100 cm³/mol. The van der Waals surface area contributed by atoms with Gasteiger partial charge in [0.1, 0.15) is 0 Å². The van der Waals surface area contributed by atoms with Gasteiger partial charge in [0.05, 0.1) is 17.6 Å². The molecule has 3 aromatic rings. The summed E-state index contributed by atoms with van der Waals surface area (Å²) in [6.45, 7) is 8.86. The van der Waals surface area contributed by atoms with Crippen molar-refractivity contribution in [1.82, 2.24) is 9.88 Å². The first-order chi connectivity index (χ1) is 11.6. The minimum Gasteiger partial charge on any atom is -0.330 e.